The van der Waals surface area contributed by atoms with Crippen LogP contribution in [0.1, 0.15) is 0 Å². The second-order valence-corrected chi connectivity index (χ2v) is 17.0. The third-order valence-electron chi connectivity index (χ3n) is 11.5. The Hall–Kier alpha value is -6.98. The summed E-state index contributed by atoms with van der Waals surface area (Å²) in [4.78, 5) is 4.78. The number of anilines is 6. The molecule has 0 N–H and O–H groups in total. The summed E-state index contributed by atoms with van der Waals surface area (Å²) in [5.41, 5.74) is 6.87. The standard InChI is InChI=1S/C54H34N2S2/c1-3-17-39(18-4-1)55(41-25-23-35-13-7-9-15-37(35)31-41)43-27-29-47-49(33-43)57-53-51(47)45-21-11-12-22-46(45)52-48-30-28-44(34-50(48)58-54(52)53)56(40-19-5-2-6-20-40)42-26-24-36-14-8-10-16-38(36)32-42/h1-34H. The van der Waals surface area contributed by atoms with Crippen molar-refractivity contribution in [2.24, 2.45) is 0 Å². The quantitative estimate of drug-likeness (QED) is 0.166. The van der Waals surface area contributed by atoms with Crippen LogP contribution in [0.3, 0.4) is 0 Å². The van der Waals surface area contributed by atoms with Crippen molar-refractivity contribution in [1.82, 2.24) is 0 Å². The lowest BCUT2D eigenvalue weighted by Crippen LogP contribution is -2.09. The van der Waals surface area contributed by atoms with E-state index in [1.807, 2.05) is 22.7 Å². The molecule has 0 radical (unpaired) electrons. The van der Waals surface area contributed by atoms with Crippen molar-refractivity contribution in [3.8, 4) is 0 Å². The van der Waals surface area contributed by atoms with Crippen LogP contribution in [0.25, 0.3) is 72.7 Å². The van der Waals surface area contributed by atoms with Gasteiger partial charge >= 0.3 is 0 Å². The number of hydrogen-bond acceptors (Lipinski definition) is 4. The van der Waals surface area contributed by atoms with Gasteiger partial charge in [-0.2, -0.15) is 0 Å². The Morgan fingerprint density at radius 3 is 1.07 bits per heavy atom. The van der Waals surface area contributed by atoms with E-state index >= 15 is 0 Å². The van der Waals surface area contributed by atoms with Gasteiger partial charge in [-0.1, -0.05) is 133 Å². The van der Waals surface area contributed by atoms with E-state index in [-0.39, 0.29) is 0 Å². The molecule has 0 spiro atoms. The first-order valence-electron chi connectivity index (χ1n) is 19.7. The van der Waals surface area contributed by atoms with Gasteiger partial charge in [-0.05, 0) is 105 Å². The molecular formula is C54H34N2S2. The largest absolute Gasteiger partial charge is 0.310 e. The highest BCUT2D eigenvalue weighted by Crippen LogP contribution is 2.51. The second kappa shape index (κ2) is 13.3. The fourth-order valence-electron chi connectivity index (χ4n) is 8.90. The molecule has 0 saturated carbocycles. The van der Waals surface area contributed by atoms with Crippen LogP contribution < -0.4 is 9.80 Å². The number of nitrogens with zero attached hydrogens (tertiary/aromatic N) is 2. The Morgan fingerprint density at radius 2 is 0.621 bits per heavy atom. The molecule has 12 aromatic rings. The summed E-state index contributed by atoms with van der Waals surface area (Å²) in [6, 6.07) is 75.3. The van der Waals surface area contributed by atoms with Crippen molar-refractivity contribution in [2.75, 3.05) is 9.80 Å². The molecule has 2 aromatic heterocycles. The minimum Gasteiger partial charge on any atom is -0.310 e. The van der Waals surface area contributed by atoms with Crippen LogP contribution >= 0.6 is 22.7 Å². The zero-order valence-corrected chi connectivity index (χ0v) is 33.0. The molecule has 0 aliphatic carbocycles. The zero-order valence-electron chi connectivity index (χ0n) is 31.3. The SMILES string of the molecule is c1ccc(N(c2ccc3ccccc3c2)c2ccc3c(c2)sc2c4sc5cc(N(c6ccccc6)c6ccc7ccccc7c6)ccc5c4c4ccccc4c32)cc1. The highest BCUT2D eigenvalue weighted by molar-refractivity contribution is 7.33. The van der Waals surface area contributed by atoms with Gasteiger partial charge in [-0.3, -0.25) is 0 Å². The first-order chi connectivity index (χ1) is 28.7. The van der Waals surface area contributed by atoms with Gasteiger partial charge in [0, 0.05) is 65.1 Å². The molecule has 0 fully saturated rings. The molecule has 0 aliphatic rings. The van der Waals surface area contributed by atoms with E-state index < -0.39 is 0 Å². The van der Waals surface area contributed by atoms with E-state index in [1.54, 1.807) is 0 Å². The summed E-state index contributed by atoms with van der Waals surface area (Å²) < 4.78 is 5.29. The lowest BCUT2D eigenvalue weighted by Gasteiger charge is -2.26. The highest BCUT2D eigenvalue weighted by atomic mass is 32.1. The maximum Gasteiger partial charge on any atom is 0.0540 e. The van der Waals surface area contributed by atoms with E-state index in [9.17, 15) is 0 Å². The van der Waals surface area contributed by atoms with Crippen molar-refractivity contribution < 1.29 is 0 Å². The lowest BCUT2D eigenvalue weighted by atomic mass is 9.98. The first kappa shape index (κ1) is 33.2. The van der Waals surface area contributed by atoms with E-state index in [1.165, 1.54) is 72.7 Å². The van der Waals surface area contributed by atoms with Crippen molar-refractivity contribution in [1.29, 1.82) is 0 Å². The molecule has 0 saturated heterocycles. The van der Waals surface area contributed by atoms with Crippen LogP contribution in [0.15, 0.2) is 206 Å². The van der Waals surface area contributed by atoms with Gasteiger partial charge in [0.15, 0.2) is 0 Å². The predicted octanol–water partition coefficient (Wildman–Crippen LogP) is 16.8. The van der Waals surface area contributed by atoms with Gasteiger partial charge in [-0.25, -0.2) is 0 Å². The Kier molecular flexibility index (Phi) is 7.62. The second-order valence-electron chi connectivity index (χ2n) is 14.9. The molecule has 0 bridgehead atoms. The molecule has 12 rings (SSSR count). The summed E-state index contributed by atoms with van der Waals surface area (Å²) >= 11 is 3.85. The topological polar surface area (TPSA) is 6.48 Å². The maximum absolute atomic E-state index is 2.40. The number of para-hydroxylation sites is 2. The molecule has 0 unspecified atom stereocenters. The summed E-state index contributed by atoms with van der Waals surface area (Å²) in [6.45, 7) is 0. The molecule has 0 atom stereocenters. The molecule has 2 heterocycles. The lowest BCUT2D eigenvalue weighted by molar-refractivity contribution is 1.30. The van der Waals surface area contributed by atoms with Crippen molar-refractivity contribution in [3.63, 3.8) is 0 Å². The van der Waals surface area contributed by atoms with Crippen LogP contribution in [0.2, 0.25) is 0 Å². The number of rotatable bonds is 6. The highest BCUT2D eigenvalue weighted by Gasteiger charge is 2.21. The number of thiophene rings is 2. The Bertz CT molecular complexity index is 3300. The third-order valence-corrected chi connectivity index (χ3v) is 14.0. The van der Waals surface area contributed by atoms with Gasteiger partial charge in [0.2, 0.25) is 0 Å². The predicted molar refractivity (Wildman–Crippen MR) is 254 cm³/mol. The maximum atomic E-state index is 2.40. The minimum absolute atomic E-state index is 1.14. The van der Waals surface area contributed by atoms with Crippen molar-refractivity contribution >= 4 is 129 Å². The summed E-state index contributed by atoms with van der Waals surface area (Å²) in [6.07, 6.45) is 0. The molecular weight excluding hydrogens is 741 g/mol. The number of fused-ring (bicyclic) bond motifs is 12. The Balaban J connectivity index is 1.06. The molecule has 272 valence electrons. The fraction of sp³-hybridized carbons (Fsp3) is 0. The molecule has 4 heteroatoms. The average Bonchev–Trinajstić information content (AvgIpc) is 3.86. The molecule has 10 aromatic carbocycles. The molecule has 0 aliphatic heterocycles. The number of hydrogen-bond donors (Lipinski definition) is 0. The molecule has 2 nitrogen and oxygen atoms in total. The van der Waals surface area contributed by atoms with Gasteiger partial charge < -0.3 is 9.80 Å². The van der Waals surface area contributed by atoms with Crippen LogP contribution in [0.4, 0.5) is 34.1 Å². The fourth-order valence-corrected chi connectivity index (χ4v) is 11.5. The first-order valence-corrected chi connectivity index (χ1v) is 21.3. The normalized spacial score (nSPS) is 11.8. The Labute approximate surface area is 343 Å². The van der Waals surface area contributed by atoms with Gasteiger partial charge in [0.05, 0.1) is 9.40 Å². The van der Waals surface area contributed by atoms with Crippen molar-refractivity contribution in [2.45, 2.75) is 0 Å². The van der Waals surface area contributed by atoms with E-state index in [2.05, 4.69) is 216 Å². The monoisotopic (exact) mass is 774 g/mol. The third kappa shape index (κ3) is 5.30. The summed E-state index contributed by atoms with van der Waals surface area (Å²) in [7, 11) is 0. The van der Waals surface area contributed by atoms with E-state index in [0.717, 1.165) is 34.1 Å². The minimum atomic E-state index is 1.14. The molecule has 0 amide bonds. The van der Waals surface area contributed by atoms with Crippen LogP contribution in [-0.2, 0) is 0 Å². The van der Waals surface area contributed by atoms with Crippen LogP contribution in [0.5, 0.6) is 0 Å². The average molecular weight is 775 g/mol. The molecule has 58 heavy (non-hydrogen) atoms. The Morgan fingerprint density at radius 1 is 0.259 bits per heavy atom. The van der Waals surface area contributed by atoms with Gasteiger partial charge in [0.1, 0.15) is 0 Å². The van der Waals surface area contributed by atoms with Gasteiger partial charge in [-0.15, -0.1) is 22.7 Å². The number of benzene rings is 10. The van der Waals surface area contributed by atoms with Gasteiger partial charge in [0.25, 0.3) is 0 Å². The summed E-state index contributed by atoms with van der Waals surface area (Å²) in [5.74, 6) is 0. The van der Waals surface area contributed by atoms with E-state index in [4.69, 9.17) is 0 Å². The zero-order chi connectivity index (χ0) is 38.2. The summed E-state index contributed by atoms with van der Waals surface area (Å²) in [5, 5.41) is 12.9. The van der Waals surface area contributed by atoms with Crippen LogP contribution in [-0.4, -0.2) is 0 Å². The smallest absolute Gasteiger partial charge is 0.0540 e. The van der Waals surface area contributed by atoms with Crippen LogP contribution in [0, 0.1) is 0 Å². The van der Waals surface area contributed by atoms with E-state index in [0.29, 0.717) is 0 Å². The van der Waals surface area contributed by atoms with Crippen molar-refractivity contribution in [3.05, 3.63) is 206 Å².